The van der Waals surface area contributed by atoms with E-state index in [-0.39, 0.29) is 6.54 Å². The number of alkyl halides is 3. The van der Waals surface area contributed by atoms with Crippen molar-refractivity contribution in [2.24, 2.45) is 0 Å². The van der Waals surface area contributed by atoms with Crippen LogP contribution in [-0.4, -0.2) is 41.2 Å². The molecular formula is C9H13F3N2O4. The largest absolute Gasteiger partial charge is 0.479 e. The van der Waals surface area contributed by atoms with E-state index in [1.165, 1.54) is 12.2 Å². The molecule has 0 radical (unpaired) electrons. The number of halogens is 3. The third kappa shape index (κ3) is 4.22. The monoisotopic (exact) mass is 270 g/mol. The Balaban J connectivity index is 4.58. The first-order valence-corrected chi connectivity index (χ1v) is 4.86. The van der Waals surface area contributed by atoms with Gasteiger partial charge in [-0.25, -0.2) is 4.79 Å². The molecule has 2 amide bonds. The molecule has 0 aromatic rings. The molecule has 0 aromatic heterocycles. The molecule has 1 unspecified atom stereocenters. The minimum Gasteiger partial charge on any atom is -0.479 e. The summed E-state index contributed by atoms with van der Waals surface area (Å²) >= 11 is 0. The fourth-order valence-electron chi connectivity index (χ4n) is 0.939. The van der Waals surface area contributed by atoms with E-state index in [4.69, 9.17) is 5.11 Å². The average molecular weight is 270 g/mol. The number of carboxylic acids is 1. The highest BCUT2D eigenvalue weighted by atomic mass is 19.4. The third-order valence-electron chi connectivity index (χ3n) is 2.11. The van der Waals surface area contributed by atoms with Crippen molar-refractivity contribution in [3.63, 3.8) is 0 Å². The van der Waals surface area contributed by atoms with Crippen LogP contribution >= 0.6 is 0 Å². The highest BCUT2D eigenvalue weighted by molar-refractivity contribution is 5.87. The number of hydrogen-bond donors (Lipinski definition) is 3. The van der Waals surface area contributed by atoms with Crippen molar-refractivity contribution in [1.82, 2.24) is 10.6 Å². The van der Waals surface area contributed by atoms with Gasteiger partial charge < -0.3 is 15.7 Å². The first-order chi connectivity index (χ1) is 8.00. The fraction of sp³-hybridized carbons (Fsp3) is 0.667. The number of aliphatic carboxylic acids is 1. The topological polar surface area (TPSA) is 95.5 Å². The van der Waals surface area contributed by atoms with Gasteiger partial charge in [-0.1, -0.05) is 0 Å². The number of carboxylic acid groups (broad SMARTS) is 1. The minimum absolute atomic E-state index is 0.172. The van der Waals surface area contributed by atoms with Gasteiger partial charge in [0.15, 0.2) is 0 Å². The normalized spacial score (nSPS) is 14.5. The van der Waals surface area contributed by atoms with Gasteiger partial charge in [-0.15, -0.1) is 0 Å². The zero-order valence-corrected chi connectivity index (χ0v) is 9.72. The number of carbonyl (C=O) groups excluding carboxylic acids is 2. The lowest BCUT2D eigenvalue weighted by molar-refractivity contribution is -0.207. The van der Waals surface area contributed by atoms with E-state index in [2.05, 4.69) is 5.32 Å². The van der Waals surface area contributed by atoms with Crippen LogP contribution in [0.2, 0.25) is 0 Å². The van der Waals surface area contributed by atoms with E-state index in [0.29, 0.717) is 6.92 Å². The Hall–Kier alpha value is -1.80. The molecular weight excluding hydrogens is 257 g/mol. The molecule has 0 aliphatic carbocycles. The molecule has 6 nitrogen and oxygen atoms in total. The van der Waals surface area contributed by atoms with Crippen LogP contribution in [0.5, 0.6) is 0 Å². The Bertz CT molecular complexity index is 356. The van der Waals surface area contributed by atoms with Gasteiger partial charge in [0.25, 0.3) is 0 Å². The van der Waals surface area contributed by atoms with Crippen molar-refractivity contribution in [2.45, 2.75) is 32.0 Å². The van der Waals surface area contributed by atoms with Gasteiger partial charge in [0.1, 0.15) is 0 Å². The van der Waals surface area contributed by atoms with E-state index < -0.39 is 35.9 Å². The van der Waals surface area contributed by atoms with Crippen LogP contribution in [0.3, 0.4) is 0 Å². The van der Waals surface area contributed by atoms with Crippen LogP contribution in [0.1, 0.15) is 20.3 Å². The van der Waals surface area contributed by atoms with Crippen LogP contribution in [0.15, 0.2) is 0 Å². The molecule has 0 aromatic carbocycles. The van der Waals surface area contributed by atoms with Crippen LogP contribution in [0.4, 0.5) is 13.2 Å². The van der Waals surface area contributed by atoms with Gasteiger partial charge in [0.05, 0.1) is 0 Å². The molecule has 0 aliphatic heterocycles. The molecule has 0 saturated carbocycles. The quantitative estimate of drug-likeness (QED) is 0.657. The Morgan fingerprint density at radius 3 is 2.06 bits per heavy atom. The van der Waals surface area contributed by atoms with Crippen LogP contribution in [0, 0.1) is 0 Å². The molecule has 3 N–H and O–H groups in total. The van der Waals surface area contributed by atoms with Gasteiger partial charge in [-0.05, 0) is 6.92 Å². The van der Waals surface area contributed by atoms with Crippen molar-refractivity contribution in [1.29, 1.82) is 0 Å². The first kappa shape index (κ1) is 16.2. The summed E-state index contributed by atoms with van der Waals surface area (Å²) in [5, 5.41) is 12.1. The average Bonchev–Trinajstić information content (AvgIpc) is 2.14. The Labute approximate surface area is 101 Å². The maximum absolute atomic E-state index is 12.5. The molecule has 0 aliphatic rings. The lowest BCUT2D eigenvalue weighted by Gasteiger charge is -2.28. The van der Waals surface area contributed by atoms with Gasteiger partial charge >= 0.3 is 12.1 Å². The molecule has 0 fully saturated rings. The fourth-order valence-corrected chi connectivity index (χ4v) is 0.939. The summed E-state index contributed by atoms with van der Waals surface area (Å²) in [4.78, 5) is 32.2. The molecule has 0 spiro atoms. The molecule has 0 rings (SSSR count). The van der Waals surface area contributed by atoms with E-state index in [1.807, 2.05) is 0 Å². The lowest BCUT2D eigenvalue weighted by Crippen LogP contribution is -2.62. The van der Waals surface area contributed by atoms with Crippen molar-refractivity contribution < 1.29 is 32.7 Å². The number of amides is 2. The predicted octanol–water partition coefficient (Wildman–Crippen LogP) is 0.0344. The number of rotatable bonds is 5. The molecule has 9 heteroatoms. The van der Waals surface area contributed by atoms with Crippen molar-refractivity contribution in [2.75, 3.05) is 6.54 Å². The number of nitrogens with one attached hydrogen (secondary N) is 2. The van der Waals surface area contributed by atoms with E-state index >= 15 is 0 Å². The summed E-state index contributed by atoms with van der Waals surface area (Å²) in [7, 11) is 0. The van der Waals surface area contributed by atoms with Crippen molar-refractivity contribution >= 4 is 17.8 Å². The second-order valence-corrected chi connectivity index (χ2v) is 3.71. The minimum atomic E-state index is -5.12. The Kier molecular flexibility index (Phi) is 5.12. The lowest BCUT2D eigenvalue weighted by atomic mass is 10.0. The highest BCUT2D eigenvalue weighted by Crippen LogP contribution is 2.30. The summed E-state index contributed by atoms with van der Waals surface area (Å²) in [5.41, 5.74) is -3.35. The Morgan fingerprint density at radius 1 is 1.22 bits per heavy atom. The standard InChI is InChI=1S/C9H13F3N2O4/c1-5(15)13-4-3-6(16)14-8(2,7(17)18)9(10,11)12/h3-4H2,1-2H3,(H,13,15)(H,14,16)(H,17,18). The zero-order valence-electron chi connectivity index (χ0n) is 9.72. The van der Waals surface area contributed by atoms with Crippen LogP contribution in [0.25, 0.3) is 0 Å². The summed E-state index contributed by atoms with van der Waals surface area (Å²) in [6, 6.07) is 0. The van der Waals surface area contributed by atoms with Crippen LogP contribution in [-0.2, 0) is 14.4 Å². The summed E-state index contributed by atoms with van der Waals surface area (Å²) in [6.07, 6.45) is -5.57. The second kappa shape index (κ2) is 5.69. The SMILES string of the molecule is CC(=O)NCCC(=O)NC(C)(C(=O)O)C(F)(F)F. The zero-order chi connectivity index (χ0) is 14.6. The number of carbonyl (C=O) groups is 3. The van der Waals surface area contributed by atoms with Gasteiger partial charge in [0, 0.05) is 19.9 Å². The first-order valence-electron chi connectivity index (χ1n) is 4.86. The van der Waals surface area contributed by atoms with Gasteiger partial charge in [0.2, 0.25) is 17.4 Å². The second-order valence-electron chi connectivity index (χ2n) is 3.71. The van der Waals surface area contributed by atoms with E-state index in [1.54, 1.807) is 0 Å². The van der Waals surface area contributed by atoms with Crippen molar-refractivity contribution in [3.8, 4) is 0 Å². The maximum Gasteiger partial charge on any atom is 0.422 e. The molecule has 0 heterocycles. The highest BCUT2D eigenvalue weighted by Gasteiger charge is 2.58. The molecule has 18 heavy (non-hydrogen) atoms. The smallest absolute Gasteiger partial charge is 0.422 e. The van der Waals surface area contributed by atoms with E-state index in [0.717, 1.165) is 0 Å². The molecule has 104 valence electrons. The van der Waals surface area contributed by atoms with Crippen LogP contribution < -0.4 is 10.6 Å². The molecule has 0 saturated heterocycles. The van der Waals surface area contributed by atoms with E-state index in [9.17, 15) is 27.6 Å². The third-order valence-corrected chi connectivity index (χ3v) is 2.11. The maximum atomic E-state index is 12.5. The molecule has 0 bridgehead atoms. The Morgan fingerprint density at radius 2 is 1.72 bits per heavy atom. The van der Waals surface area contributed by atoms with Crippen molar-refractivity contribution in [3.05, 3.63) is 0 Å². The number of hydrogen-bond acceptors (Lipinski definition) is 3. The summed E-state index contributed by atoms with van der Waals surface area (Å²) in [6.45, 7) is 1.36. The molecule has 1 atom stereocenters. The summed E-state index contributed by atoms with van der Waals surface area (Å²) < 4.78 is 37.5. The van der Waals surface area contributed by atoms with Gasteiger partial charge in [-0.3, -0.25) is 9.59 Å². The van der Waals surface area contributed by atoms with Gasteiger partial charge in [-0.2, -0.15) is 13.2 Å². The predicted molar refractivity (Wildman–Crippen MR) is 53.5 cm³/mol. The summed E-state index contributed by atoms with van der Waals surface area (Å²) in [5.74, 6) is -3.77.